The molecule has 0 aliphatic heterocycles. The summed E-state index contributed by atoms with van der Waals surface area (Å²) in [6.07, 6.45) is 0.913. The predicted molar refractivity (Wildman–Crippen MR) is 69.5 cm³/mol. The van der Waals surface area contributed by atoms with Crippen molar-refractivity contribution in [3.8, 4) is 0 Å². The fraction of sp³-hybridized carbons (Fsp3) is 0.333. The molecule has 0 unspecified atom stereocenters. The van der Waals surface area contributed by atoms with E-state index in [-0.39, 0.29) is 11.6 Å². The van der Waals surface area contributed by atoms with E-state index in [0.29, 0.717) is 14.3 Å². The fourth-order valence-electron chi connectivity index (χ4n) is 1.50. The van der Waals surface area contributed by atoms with Crippen LogP contribution >= 0.6 is 23.6 Å². The quantitative estimate of drug-likeness (QED) is 0.818. The first-order valence-corrected chi connectivity index (χ1v) is 6.23. The maximum absolute atomic E-state index is 11.1. The Labute approximate surface area is 106 Å². The van der Waals surface area contributed by atoms with Gasteiger partial charge in [0.25, 0.3) is 5.91 Å². The van der Waals surface area contributed by atoms with Crippen molar-refractivity contribution in [3.05, 3.63) is 9.78 Å². The summed E-state index contributed by atoms with van der Waals surface area (Å²) in [5, 5.41) is 0. The molecule has 0 fully saturated rings. The molecular weight excluding hydrogens is 258 g/mol. The Morgan fingerprint density at radius 2 is 2.24 bits per heavy atom. The summed E-state index contributed by atoms with van der Waals surface area (Å²) in [5.41, 5.74) is 11.5. The zero-order valence-electron chi connectivity index (χ0n) is 9.14. The number of hydrogen-bond acceptors (Lipinski definition) is 6. The number of carbonyl (C=O) groups is 1. The van der Waals surface area contributed by atoms with E-state index in [1.165, 1.54) is 11.3 Å². The average molecular weight is 269 g/mol. The molecule has 6 nitrogen and oxygen atoms in total. The normalized spacial score (nSPS) is 10.9. The van der Waals surface area contributed by atoms with Gasteiger partial charge in [-0.15, -0.1) is 0 Å². The summed E-state index contributed by atoms with van der Waals surface area (Å²) in [5.74, 6) is -0.527. The maximum Gasteiger partial charge on any atom is 0.286 e. The summed E-state index contributed by atoms with van der Waals surface area (Å²) in [6.45, 7) is 2.76. The summed E-state index contributed by atoms with van der Waals surface area (Å²) in [6, 6.07) is 0. The number of nitrogens with zero attached hydrogens (tertiary/aromatic N) is 3. The van der Waals surface area contributed by atoms with Crippen LogP contribution in [0.5, 0.6) is 0 Å². The third-order valence-electron chi connectivity index (χ3n) is 2.21. The van der Waals surface area contributed by atoms with Gasteiger partial charge < -0.3 is 16.0 Å². The SMILES string of the molecule is CCCn1c(=S)sc2c(N)nc(C(N)=O)nc21. The molecule has 0 aromatic carbocycles. The van der Waals surface area contributed by atoms with E-state index < -0.39 is 5.91 Å². The van der Waals surface area contributed by atoms with Gasteiger partial charge in [0.15, 0.2) is 9.60 Å². The molecule has 8 heteroatoms. The van der Waals surface area contributed by atoms with Gasteiger partial charge in [0.2, 0.25) is 5.82 Å². The Kier molecular flexibility index (Phi) is 3.07. The molecule has 0 aliphatic rings. The standard InChI is InChI=1S/C9H11N5OS2/c1-2-3-14-8-4(17-9(14)16)5(10)12-7(13-8)6(11)15/h2-3H2,1H3,(H2,11,15)(H2,10,12,13). The molecule has 4 N–H and O–H groups in total. The molecule has 0 aliphatic carbocycles. The molecule has 0 saturated heterocycles. The van der Waals surface area contributed by atoms with Crippen molar-refractivity contribution in [1.82, 2.24) is 14.5 Å². The fourth-order valence-corrected chi connectivity index (χ4v) is 2.78. The van der Waals surface area contributed by atoms with Gasteiger partial charge in [-0.1, -0.05) is 18.3 Å². The van der Waals surface area contributed by atoms with Crippen molar-refractivity contribution in [3.63, 3.8) is 0 Å². The van der Waals surface area contributed by atoms with E-state index in [1.807, 2.05) is 11.5 Å². The smallest absolute Gasteiger partial charge is 0.286 e. The van der Waals surface area contributed by atoms with Crippen LogP contribution < -0.4 is 11.5 Å². The van der Waals surface area contributed by atoms with Gasteiger partial charge in [0, 0.05) is 6.54 Å². The van der Waals surface area contributed by atoms with Gasteiger partial charge in [-0.3, -0.25) is 4.79 Å². The number of aromatic nitrogens is 3. The van der Waals surface area contributed by atoms with Crippen LogP contribution in [0.2, 0.25) is 0 Å². The largest absolute Gasteiger partial charge is 0.382 e. The first-order chi connectivity index (χ1) is 8.04. The highest BCUT2D eigenvalue weighted by Gasteiger charge is 2.14. The molecule has 2 rings (SSSR count). The van der Waals surface area contributed by atoms with Crippen LogP contribution in [0.15, 0.2) is 0 Å². The molecule has 0 spiro atoms. The number of primary amides is 1. The molecule has 0 saturated carbocycles. The van der Waals surface area contributed by atoms with Crippen molar-refractivity contribution >= 4 is 45.6 Å². The highest BCUT2D eigenvalue weighted by atomic mass is 32.1. The zero-order valence-corrected chi connectivity index (χ0v) is 10.8. The van der Waals surface area contributed by atoms with Crippen LogP contribution in [0, 0.1) is 3.95 Å². The lowest BCUT2D eigenvalue weighted by molar-refractivity contribution is 0.0991. The number of thiazole rings is 1. The zero-order chi connectivity index (χ0) is 12.6. The number of fused-ring (bicyclic) bond motifs is 1. The van der Waals surface area contributed by atoms with Crippen LogP contribution in [0.3, 0.4) is 0 Å². The molecule has 2 aromatic heterocycles. The highest BCUT2D eigenvalue weighted by Crippen LogP contribution is 2.26. The lowest BCUT2D eigenvalue weighted by atomic mass is 10.4. The Morgan fingerprint density at radius 1 is 1.53 bits per heavy atom. The van der Waals surface area contributed by atoms with Crippen molar-refractivity contribution in [2.75, 3.05) is 5.73 Å². The second-order valence-corrected chi connectivity index (χ2v) is 5.11. The summed E-state index contributed by atoms with van der Waals surface area (Å²) in [7, 11) is 0. The lowest BCUT2D eigenvalue weighted by Crippen LogP contribution is -2.16. The third kappa shape index (κ3) is 2.01. The second kappa shape index (κ2) is 4.38. The van der Waals surface area contributed by atoms with Crippen LogP contribution in [-0.2, 0) is 6.54 Å². The van der Waals surface area contributed by atoms with Crippen LogP contribution in [0.4, 0.5) is 5.82 Å². The maximum atomic E-state index is 11.1. The molecule has 2 aromatic rings. The van der Waals surface area contributed by atoms with E-state index in [9.17, 15) is 4.79 Å². The highest BCUT2D eigenvalue weighted by molar-refractivity contribution is 7.73. The van der Waals surface area contributed by atoms with E-state index in [4.69, 9.17) is 23.7 Å². The van der Waals surface area contributed by atoms with E-state index in [0.717, 1.165) is 13.0 Å². The second-order valence-electron chi connectivity index (χ2n) is 3.47. The van der Waals surface area contributed by atoms with E-state index in [2.05, 4.69) is 9.97 Å². The number of anilines is 1. The summed E-state index contributed by atoms with van der Waals surface area (Å²) < 4.78 is 3.22. The minimum atomic E-state index is -0.696. The van der Waals surface area contributed by atoms with Crippen molar-refractivity contribution in [2.24, 2.45) is 5.73 Å². The minimum absolute atomic E-state index is 0.0762. The number of hydrogen-bond donors (Lipinski definition) is 2. The van der Waals surface area contributed by atoms with Gasteiger partial charge in [-0.25, -0.2) is 9.97 Å². The number of amides is 1. The first kappa shape index (κ1) is 11.9. The van der Waals surface area contributed by atoms with Crippen LogP contribution in [0.25, 0.3) is 10.3 Å². The molecule has 2 heterocycles. The number of aryl methyl sites for hydroxylation is 1. The van der Waals surface area contributed by atoms with Gasteiger partial charge in [0.1, 0.15) is 10.5 Å². The molecule has 90 valence electrons. The van der Waals surface area contributed by atoms with Gasteiger partial charge >= 0.3 is 0 Å². The topological polar surface area (TPSA) is 99.8 Å². The third-order valence-corrected chi connectivity index (χ3v) is 3.67. The molecule has 0 bridgehead atoms. The van der Waals surface area contributed by atoms with Crippen LogP contribution in [-0.4, -0.2) is 20.4 Å². The van der Waals surface area contributed by atoms with Gasteiger partial charge in [0.05, 0.1) is 0 Å². The summed E-state index contributed by atoms with van der Waals surface area (Å²) >= 11 is 6.57. The number of rotatable bonds is 3. The van der Waals surface area contributed by atoms with Crippen molar-refractivity contribution in [2.45, 2.75) is 19.9 Å². The molecule has 1 amide bonds. The average Bonchev–Trinajstić information content (AvgIpc) is 2.57. The van der Waals surface area contributed by atoms with Gasteiger partial charge in [-0.2, -0.15) is 0 Å². The Morgan fingerprint density at radius 3 is 2.82 bits per heavy atom. The number of carbonyl (C=O) groups excluding carboxylic acids is 1. The monoisotopic (exact) mass is 269 g/mol. The van der Waals surface area contributed by atoms with E-state index in [1.54, 1.807) is 0 Å². The molecule has 0 radical (unpaired) electrons. The molecule has 0 atom stereocenters. The van der Waals surface area contributed by atoms with E-state index >= 15 is 0 Å². The molecular formula is C9H11N5OS2. The summed E-state index contributed by atoms with van der Waals surface area (Å²) in [4.78, 5) is 19.1. The van der Waals surface area contributed by atoms with Crippen molar-refractivity contribution in [1.29, 1.82) is 0 Å². The van der Waals surface area contributed by atoms with Gasteiger partial charge in [-0.05, 0) is 18.6 Å². The number of nitrogen functional groups attached to an aromatic ring is 1. The lowest BCUT2D eigenvalue weighted by Gasteiger charge is -2.03. The van der Waals surface area contributed by atoms with Crippen LogP contribution in [0.1, 0.15) is 24.0 Å². The Bertz CT molecular complexity index is 645. The molecule has 17 heavy (non-hydrogen) atoms. The predicted octanol–water partition coefficient (Wildman–Crippen LogP) is 1.31. The number of nitrogens with two attached hydrogens (primary N) is 2. The minimum Gasteiger partial charge on any atom is -0.382 e. The Balaban J connectivity index is 2.79. The Hall–Kier alpha value is -1.54. The first-order valence-electron chi connectivity index (χ1n) is 5.01. The van der Waals surface area contributed by atoms with Crippen molar-refractivity contribution < 1.29 is 4.79 Å².